The predicted octanol–water partition coefficient (Wildman–Crippen LogP) is 1.19. The number of anilines is 1. The van der Waals surface area contributed by atoms with E-state index >= 15 is 0 Å². The number of nitrogens with one attached hydrogen (secondary N) is 2. The summed E-state index contributed by atoms with van der Waals surface area (Å²) in [6.45, 7) is 1.69. The number of benzene rings is 1. The van der Waals surface area contributed by atoms with Crippen LogP contribution in [0.5, 0.6) is 11.5 Å². The summed E-state index contributed by atoms with van der Waals surface area (Å²) in [5.74, 6) is 1.70. The highest BCUT2D eigenvalue weighted by Crippen LogP contribution is 2.32. The number of rotatable bonds is 7. The number of fused-ring (bicyclic) bond motifs is 1. The van der Waals surface area contributed by atoms with Gasteiger partial charge in [0.05, 0.1) is 12.2 Å². The van der Waals surface area contributed by atoms with Crippen molar-refractivity contribution in [2.24, 2.45) is 0 Å². The van der Waals surface area contributed by atoms with E-state index < -0.39 is 0 Å². The molecule has 0 saturated carbocycles. The number of carbonyl (C=O) groups excluding carboxylic acids is 1. The molecule has 0 fully saturated rings. The summed E-state index contributed by atoms with van der Waals surface area (Å²) in [6.07, 6.45) is 2.97. The maximum absolute atomic E-state index is 11.8. The predicted molar refractivity (Wildman–Crippen MR) is 86.1 cm³/mol. The Hall–Kier alpha value is -2.87. The zero-order valence-electron chi connectivity index (χ0n) is 13.2. The molecule has 0 bridgehead atoms. The van der Waals surface area contributed by atoms with Gasteiger partial charge < -0.3 is 24.8 Å². The lowest BCUT2D eigenvalue weighted by Gasteiger charge is -2.07. The third-order valence-electron chi connectivity index (χ3n) is 3.39. The van der Waals surface area contributed by atoms with E-state index in [1.54, 1.807) is 7.11 Å². The van der Waals surface area contributed by atoms with Crippen LogP contribution in [0.15, 0.2) is 30.6 Å². The van der Waals surface area contributed by atoms with E-state index in [1.807, 2.05) is 18.2 Å². The maximum atomic E-state index is 11.8. The molecule has 2 heterocycles. The van der Waals surface area contributed by atoms with Gasteiger partial charge in [0.1, 0.15) is 0 Å². The van der Waals surface area contributed by atoms with Gasteiger partial charge in [0.25, 0.3) is 5.91 Å². The van der Waals surface area contributed by atoms with Gasteiger partial charge in [-0.1, -0.05) is 6.07 Å². The van der Waals surface area contributed by atoms with Crippen LogP contribution < -0.4 is 20.1 Å². The van der Waals surface area contributed by atoms with Gasteiger partial charge in [-0.25, -0.2) is 9.97 Å². The lowest BCUT2D eigenvalue weighted by molar-refractivity contribution is 0.0936. The van der Waals surface area contributed by atoms with E-state index in [0.717, 1.165) is 17.1 Å². The van der Waals surface area contributed by atoms with Crippen molar-refractivity contribution in [3.63, 3.8) is 0 Å². The van der Waals surface area contributed by atoms with Gasteiger partial charge in [0, 0.05) is 32.6 Å². The van der Waals surface area contributed by atoms with Crippen molar-refractivity contribution in [2.45, 2.75) is 6.54 Å². The Labute approximate surface area is 139 Å². The second-order valence-corrected chi connectivity index (χ2v) is 5.09. The fourth-order valence-corrected chi connectivity index (χ4v) is 2.14. The quantitative estimate of drug-likeness (QED) is 0.736. The van der Waals surface area contributed by atoms with Crippen molar-refractivity contribution in [1.82, 2.24) is 15.3 Å². The minimum absolute atomic E-state index is 0.227. The Kier molecular flexibility index (Phi) is 5.07. The van der Waals surface area contributed by atoms with Crippen molar-refractivity contribution < 1.29 is 19.0 Å². The Bertz CT molecular complexity index is 706. The number of carbonyl (C=O) groups is 1. The first-order valence-electron chi connectivity index (χ1n) is 7.48. The lowest BCUT2D eigenvalue weighted by atomic mass is 10.2. The SMILES string of the molecule is COCCNC(=O)c1cnc(NCc2ccc3c(c2)OCO3)nc1. The van der Waals surface area contributed by atoms with Gasteiger partial charge in [-0.05, 0) is 17.7 Å². The average Bonchev–Trinajstić information content (AvgIpc) is 3.08. The van der Waals surface area contributed by atoms with Crippen LogP contribution in [0.4, 0.5) is 5.95 Å². The molecule has 1 aromatic carbocycles. The van der Waals surface area contributed by atoms with E-state index in [4.69, 9.17) is 14.2 Å². The van der Waals surface area contributed by atoms with Crippen LogP contribution >= 0.6 is 0 Å². The minimum atomic E-state index is -0.227. The minimum Gasteiger partial charge on any atom is -0.454 e. The number of hydrogen-bond acceptors (Lipinski definition) is 7. The zero-order valence-corrected chi connectivity index (χ0v) is 13.2. The number of hydrogen-bond donors (Lipinski definition) is 2. The highest BCUT2D eigenvalue weighted by atomic mass is 16.7. The summed E-state index contributed by atoms with van der Waals surface area (Å²) in [5.41, 5.74) is 1.42. The molecule has 2 N–H and O–H groups in total. The van der Waals surface area contributed by atoms with Crippen molar-refractivity contribution >= 4 is 11.9 Å². The van der Waals surface area contributed by atoms with Crippen LogP contribution in [0, 0.1) is 0 Å². The van der Waals surface area contributed by atoms with Crippen molar-refractivity contribution in [3.05, 3.63) is 41.7 Å². The molecule has 1 aliphatic rings. The molecule has 1 amide bonds. The normalized spacial score (nSPS) is 12.0. The maximum Gasteiger partial charge on any atom is 0.254 e. The Morgan fingerprint density at radius 2 is 2.04 bits per heavy atom. The van der Waals surface area contributed by atoms with E-state index in [2.05, 4.69) is 20.6 Å². The highest BCUT2D eigenvalue weighted by molar-refractivity contribution is 5.93. The monoisotopic (exact) mass is 330 g/mol. The molecule has 0 spiro atoms. The summed E-state index contributed by atoms with van der Waals surface area (Å²) in [5, 5.41) is 5.81. The molecule has 2 aromatic rings. The van der Waals surface area contributed by atoms with Crippen molar-refractivity contribution in [1.29, 1.82) is 0 Å². The van der Waals surface area contributed by atoms with Crippen LogP contribution in [0.2, 0.25) is 0 Å². The topological polar surface area (TPSA) is 94.6 Å². The molecule has 0 aliphatic carbocycles. The molecular formula is C16H18N4O4. The summed E-state index contributed by atoms with van der Waals surface area (Å²) >= 11 is 0. The second kappa shape index (κ2) is 7.60. The molecule has 8 nitrogen and oxygen atoms in total. The van der Waals surface area contributed by atoms with Crippen LogP contribution in [-0.4, -0.2) is 42.9 Å². The highest BCUT2D eigenvalue weighted by Gasteiger charge is 2.13. The number of amides is 1. The molecule has 0 saturated heterocycles. The molecule has 126 valence electrons. The smallest absolute Gasteiger partial charge is 0.254 e. The molecule has 24 heavy (non-hydrogen) atoms. The molecule has 0 atom stereocenters. The average molecular weight is 330 g/mol. The van der Waals surface area contributed by atoms with Gasteiger partial charge in [0.2, 0.25) is 12.7 Å². The molecule has 0 radical (unpaired) electrons. The standard InChI is InChI=1S/C16H18N4O4/c1-22-5-4-17-15(21)12-8-19-16(20-9-12)18-7-11-2-3-13-14(6-11)24-10-23-13/h2-3,6,8-9H,4-5,7,10H2,1H3,(H,17,21)(H,18,19,20). The molecule has 8 heteroatoms. The van der Waals surface area contributed by atoms with Crippen molar-refractivity contribution in [3.8, 4) is 11.5 Å². The van der Waals surface area contributed by atoms with E-state index in [1.165, 1.54) is 12.4 Å². The number of methoxy groups -OCH3 is 1. The van der Waals surface area contributed by atoms with Gasteiger partial charge in [-0.15, -0.1) is 0 Å². The van der Waals surface area contributed by atoms with Crippen LogP contribution in [0.3, 0.4) is 0 Å². The van der Waals surface area contributed by atoms with Crippen LogP contribution in [-0.2, 0) is 11.3 Å². The Morgan fingerprint density at radius 1 is 1.25 bits per heavy atom. The molecule has 1 aromatic heterocycles. The van der Waals surface area contributed by atoms with E-state index in [9.17, 15) is 4.79 Å². The van der Waals surface area contributed by atoms with Crippen molar-refractivity contribution in [2.75, 3.05) is 32.4 Å². The molecule has 0 unspecified atom stereocenters. The second-order valence-electron chi connectivity index (χ2n) is 5.09. The fraction of sp³-hybridized carbons (Fsp3) is 0.312. The van der Waals surface area contributed by atoms with Gasteiger partial charge in [0.15, 0.2) is 11.5 Å². The third kappa shape index (κ3) is 3.90. The fourth-order valence-electron chi connectivity index (χ4n) is 2.14. The van der Waals surface area contributed by atoms with Crippen LogP contribution in [0.1, 0.15) is 15.9 Å². The molecular weight excluding hydrogens is 312 g/mol. The first kappa shape index (κ1) is 16.0. The first-order chi connectivity index (χ1) is 11.8. The van der Waals surface area contributed by atoms with Gasteiger partial charge >= 0.3 is 0 Å². The summed E-state index contributed by atoms with van der Waals surface area (Å²) < 4.78 is 15.5. The summed E-state index contributed by atoms with van der Waals surface area (Å²) in [6, 6.07) is 5.72. The summed E-state index contributed by atoms with van der Waals surface area (Å²) in [4.78, 5) is 20.1. The van der Waals surface area contributed by atoms with Gasteiger partial charge in [-0.2, -0.15) is 0 Å². The van der Waals surface area contributed by atoms with E-state index in [-0.39, 0.29) is 12.7 Å². The lowest BCUT2D eigenvalue weighted by Crippen LogP contribution is -2.27. The zero-order chi connectivity index (χ0) is 16.8. The number of nitrogens with zero attached hydrogens (tertiary/aromatic N) is 2. The molecule has 3 rings (SSSR count). The van der Waals surface area contributed by atoms with Crippen LogP contribution in [0.25, 0.3) is 0 Å². The summed E-state index contributed by atoms with van der Waals surface area (Å²) in [7, 11) is 1.58. The Morgan fingerprint density at radius 3 is 2.83 bits per heavy atom. The largest absolute Gasteiger partial charge is 0.454 e. The first-order valence-corrected chi connectivity index (χ1v) is 7.48. The number of ether oxygens (including phenoxy) is 3. The third-order valence-corrected chi connectivity index (χ3v) is 3.39. The number of aromatic nitrogens is 2. The Balaban J connectivity index is 1.53. The van der Waals surface area contributed by atoms with E-state index in [0.29, 0.717) is 31.2 Å². The van der Waals surface area contributed by atoms with Gasteiger partial charge in [-0.3, -0.25) is 4.79 Å². The molecule has 1 aliphatic heterocycles.